The molecular formula is C92H115N16O23PS. The van der Waals surface area contributed by atoms with E-state index in [9.17, 15) is 58.4 Å². The molecular weight excluding hydrogens is 1760 g/mol. The number of carboxylic acid groups (broad SMARTS) is 1. The van der Waals surface area contributed by atoms with Gasteiger partial charge in [0.1, 0.15) is 90.3 Å². The third-order valence-electron chi connectivity index (χ3n) is 22.6. The van der Waals surface area contributed by atoms with Crippen LogP contribution in [0.3, 0.4) is 0 Å². The number of nitrogens with two attached hydrogens (primary N) is 1. The molecule has 0 radical (unpaired) electrons. The van der Waals surface area contributed by atoms with Crippen molar-refractivity contribution in [1.29, 1.82) is 0 Å². The van der Waals surface area contributed by atoms with E-state index in [0.29, 0.717) is 51.6 Å². The van der Waals surface area contributed by atoms with Crippen LogP contribution < -0.4 is 63.0 Å². The highest BCUT2D eigenvalue weighted by Crippen LogP contribution is 2.38. The zero-order valence-electron chi connectivity index (χ0n) is 75.1. The Labute approximate surface area is 772 Å². The molecule has 3 heterocycles. The van der Waals surface area contributed by atoms with Crippen LogP contribution in [0.25, 0.3) is 10.9 Å². The van der Waals surface area contributed by atoms with Gasteiger partial charge in [-0.05, 0) is 94.5 Å². The smallest absolute Gasteiger partial charge is 0.508 e. The van der Waals surface area contributed by atoms with Gasteiger partial charge in [-0.3, -0.25) is 86.5 Å². The molecule has 6 aromatic carbocycles. The van der Waals surface area contributed by atoms with Gasteiger partial charge in [0.2, 0.25) is 88.6 Å². The minimum Gasteiger partial charge on any atom is -0.508 e. The lowest BCUT2D eigenvalue weighted by Gasteiger charge is -2.37. The number of rotatable bonds is 23. The van der Waals surface area contributed by atoms with Crippen LogP contribution in [0.2, 0.25) is 0 Å². The Morgan fingerprint density at radius 2 is 1.08 bits per heavy atom. The van der Waals surface area contributed by atoms with E-state index in [-0.39, 0.29) is 79.9 Å². The van der Waals surface area contributed by atoms with Crippen molar-refractivity contribution in [3.05, 3.63) is 191 Å². The normalized spacial score (nSPS) is 21.9. The number of phenolic OH excluding ortho intramolecular Hbond substituents is 2. The number of aliphatic carboxylic acids is 1. The number of aromatic amines is 1. The van der Waals surface area contributed by atoms with Gasteiger partial charge in [-0.1, -0.05) is 157 Å². The molecule has 1 aromatic heterocycles. The number of phosphoric acid groups is 1. The number of hydrogen-bond acceptors (Lipinski definition) is 21. The lowest BCUT2D eigenvalue weighted by Crippen LogP contribution is -2.62. The molecule has 7 aromatic rings. The first-order valence-corrected chi connectivity index (χ1v) is 45.9. The van der Waals surface area contributed by atoms with E-state index in [2.05, 4.69) is 52.8 Å². The molecule has 712 valence electrons. The van der Waals surface area contributed by atoms with E-state index < -0.39 is 218 Å². The fourth-order valence-corrected chi connectivity index (χ4v) is 16.8. The minimum absolute atomic E-state index is 0.0197. The summed E-state index contributed by atoms with van der Waals surface area (Å²) in [4.78, 5) is 263. The number of thioether (sulfide) groups is 1. The number of carboxylic acids is 1. The fraction of sp³-hybridized carbons (Fsp3) is 0.413. The van der Waals surface area contributed by atoms with Gasteiger partial charge < -0.3 is 103 Å². The number of likely N-dealkylation sites (N-methyl/N-ethyl adjacent to an activating group) is 4. The molecule has 39 nitrogen and oxygen atoms in total. The second-order valence-corrected chi connectivity index (χ2v) is 35.9. The number of para-hydroxylation sites is 1. The number of carbonyl (C=O) groups is 16. The van der Waals surface area contributed by atoms with Crippen LogP contribution in [0.5, 0.6) is 17.2 Å². The van der Waals surface area contributed by atoms with Gasteiger partial charge >= 0.3 is 13.8 Å². The summed E-state index contributed by atoms with van der Waals surface area (Å²) < 4.78 is 16.6. The standard InChI is InChI=1S/C92H115N16O23PS/c1-10-11-26-72-90(125)104(6)48-77(112)97-68(45-80(115)116)86(121)103-81(53(4)5)92(127)106(8)74(40-54-20-14-12-15-21-54)87(122)101-70-42-58-31-34-61(110)44-73(58)108(89(70)124)49-78(113)96-67(43-59-46-94-64-25-19-18-24-63(59)64)85(120)100-66(38-56-27-32-60(109)33-28-56)84(119)99-65(37-52(2)3)83(118)102-71(82(117)95-47-76(93)111)50-133-51-79(114)98-69(39-57-29-35-62(36-30-57)131-132(128,129)130)88(123)107(9)75(91(126)105(72)7)41-55-22-16-13-17-23-55/h12-25,27-36,44,46,52-53,65-72,74-75,81,94,109-110H,10-11,26,37-43,45,47-51H2,1-9H3,(H2,93,111)(H,95,117)(H,96,113)(H,97,112)(H,98,114)(H,99,119)(H,100,120)(H,101,122)(H,102,118)(H,103,121)(H,115,116)(H2,128,129,130)/t65-,66-,67-,68-,69-,70-,71-,72-,74-,75-,81-/m0/s1. The number of amides is 15. The summed E-state index contributed by atoms with van der Waals surface area (Å²) in [5, 5.41) is 55.9. The van der Waals surface area contributed by atoms with Crippen LogP contribution in [0, 0.1) is 11.8 Å². The van der Waals surface area contributed by atoms with Crippen molar-refractivity contribution in [2.24, 2.45) is 17.6 Å². The van der Waals surface area contributed by atoms with Gasteiger partial charge in [-0.25, -0.2) is 4.57 Å². The Morgan fingerprint density at radius 1 is 0.541 bits per heavy atom. The van der Waals surface area contributed by atoms with Crippen molar-refractivity contribution < 1.29 is 111 Å². The summed E-state index contributed by atoms with van der Waals surface area (Å²) in [6.45, 7) is 5.84. The SMILES string of the molecule is CCCC[C@H]1C(=O)N(C)CC(=O)N[C@@H](CC(=O)O)C(=O)N[C@@H](C(C)C)C(=O)N(C)[C@@H](Cc2ccccc2)C(=O)N[C@H]2Cc3ccc(O)cc3N(CC(=O)N[C@@H](Cc3c[nH]c4ccccc34)C(=O)N[C@@H](Cc3ccc(O)cc3)C(=O)N[C@@H](CC(C)C)C(=O)N[C@H](C(=O)NCC(N)=O)CSCC(=O)N[C@@H](Cc3ccc(OP(=O)(O)O)cc3)C(=O)N(C)[C@@H](Cc3ccccc3)C(=O)N1C)C2=O. The number of fused-ring (bicyclic) bond motifs is 5. The number of phosphoric ester groups is 1. The van der Waals surface area contributed by atoms with Crippen LogP contribution in [-0.4, -0.2) is 270 Å². The number of H-pyrrole nitrogens is 1. The van der Waals surface area contributed by atoms with Crippen LogP contribution >= 0.6 is 19.6 Å². The number of phenols is 2. The van der Waals surface area contributed by atoms with E-state index in [4.69, 9.17) is 10.3 Å². The topological polar surface area (TPSA) is 567 Å². The average molecular weight is 1880 g/mol. The number of benzene rings is 6. The first kappa shape index (κ1) is 103. The fourth-order valence-electron chi connectivity index (χ4n) is 15.5. The van der Waals surface area contributed by atoms with Gasteiger partial charge in [0.15, 0.2) is 0 Å². The van der Waals surface area contributed by atoms with Gasteiger partial charge in [0.05, 0.1) is 31.0 Å². The molecule has 2 bridgehead atoms. The summed E-state index contributed by atoms with van der Waals surface area (Å²) in [5.41, 5.74) is 8.56. The molecule has 15 amide bonds. The summed E-state index contributed by atoms with van der Waals surface area (Å²) in [5.74, 6) is -19.1. The predicted octanol–water partition coefficient (Wildman–Crippen LogP) is 1.69. The van der Waals surface area contributed by atoms with Gasteiger partial charge in [-0.15, -0.1) is 11.8 Å². The molecule has 133 heavy (non-hydrogen) atoms. The van der Waals surface area contributed by atoms with Crippen molar-refractivity contribution in [2.45, 2.75) is 172 Å². The molecule has 1 saturated heterocycles. The molecule has 41 heteroatoms. The molecule has 9 rings (SSSR count). The number of unbranched alkanes of at least 4 members (excludes halogenated alkanes) is 1. The summed E-state index contributed by atoms with van der Waals surface area (Å²) >= 11 is 0.744. The van der Waals surface area contributed by atoms with E-state index in [1.807, 2.05) is 6.92 Å². The van der Waals surface area contributed by atoms with Crippen LogP contribution in [0.4, 0.5) is 5.69 Å². The molecule has 0 saturated carbocycles. The number of primary amides is 1. The molecule has 2 aliphatic rings. The molecule has 11 atom stereocenters. The Hall–Kier alpha value is -13.7. The average Bonchev–Trinajstić information content (AvgIpc) is 1.58. The van der Waals surface area contributed by atoms with Gasteiger partial charge in [0, 0.05) is 95.6 Å². The number of carbonyl (C=O) groups excluding carboxylic acids is 15. The number of nitrogens with one attached hydrogen (secondary N) is 10. The quantitative estimate of drug-likeness (QED) is 0.0405. The van der Waals surface area contributed by atoms with Crippen LogP contribution in [0.15, 0.2) is 158 Å². The Balaban J connectivity index is 1.12. The Kier molecular flexibility index (Phi) is 37.1. The molecule has 2 aliphatic heterocycles. The summed E-state index contributed by atoms with van der Waals surface area (Å²) in [6.07, 6.45) is -0.570. The lowest BCUT2D eigenvalue weighted by molar-refractivity contribution is -0.151. The van der Waals surface area contributed by atoms with Gasteiger partial charge in [0.25, 0.3) is 0 Å². The van der Waals surface area contributed by atoms with Crippen molar-refractivity contribution in [3.63, 3.8) is 0 Å². The second kappa shape index (κ2) is 47.9. The van der Waals surface area contributed by atoms with E-state index in [1.54, 1.807) is 119 Å². The number of nitrogens with zero attached hydrogens (tertiary/aromatic N) is 5. The molecule has 0 aliphatic carbocycles. The van der Waals surface area contributed by atoms with Gasteiger partial charge in [-0.2, -0.15) is 0 Å². The van der Waals surface area contributed by atoms with E-state index in [1.165, 1.54) is 94.9 Å². The minimum atomic E-state index is -5.08. The van der Waals surface area contributed by atoms with E-state index >= 15 is 47.9 Å². The molecule has 1 fully saturated rings. The lowest BCUT2D eigenvalue weighted by atomic mass is 9.95. The molecule has 0 spiro atoms. The first-order chi connectivity index (χ1) is 63.0. The third-order valence-corrected chi connectivity index (χ3v) is 24.1. The highest BCUT2D eigenvalue weighted by molar-refractivity contribution is 8.00. The zero-order chi connectivity index (χ0) is 97.2. The Bertz CT molecular complexity index is 5410. The predicted molar refractivity (Wildman–Crippen MR) is 489 cm³/mol. The largest absolute Gasteiger partial charge is 0.524 e. The second-order valence-electron chi connectivity index (χ2n) is 33.7. The number of aromatic nitrogens is 1. The first-order valence-electron chi connectivity index (χ1n) is 43.2. The van der Waals surface area contributed by atoms with Crippen LogP contribution in [0.1, 0.15) is 100 Å². The summed E-state index contributed by atoms with van der Waals surface area (Å²) in [7, 11) is -0.00892. The highest BCUT2D eigenvalue weighted by Gasteiger charge is 2.44. The van der Waals surface area contributed by atoms with Crippen molar-refractivity contribution in [3.8, 4) is 17.2 Å². The monoisotopic (exact) mass is 1870 g/mol. The van der Waals surface area contributed by atoms with Crippen LogP contribution in [-0.2, 0) is 120 Å². The molecule has 0 unspecified atom stereocenters. The third kappa shape index (κ3) is 29.9. The number of anilines is 1. The number of hydrogen-bond donors (Lipinski definition) is 16. The van der Waals surface area contributed by atoms with Crippen molar-refractivity contribution >= 4 is 131 Å². The zero-order valence-corrected chi connectivity index (χ0v) is 76.8. The van der Waals surface area contributed by atoms with E-state index in [0.717, 1.165) is 36.3 Å². The maximum Gasteiger partial charge on any atom is 0.524 e. The Morgan fingerprint density at radius 3 is 1.68 bits per heavy atom. The number of aromatic hydroxyl groups is 2. The highest BCUT2D eigenvalue weighted by atomic mass is 32.2. The summed E-state index contributed by atoms with van der Waals surface area (Å²) in [6, 6.07) is 20.9. The molecule has 17 N–H and O–H groups in total. The van der Waals surface area contributed by atoms with Crippen molar-refractivity contribution in [1.82, 2.24) is 72.4 Å². The maximum atomic E-state index is 15.6. The van der Waals surface area contributed by atoms with Crippen molar-refractivity contribution in [2.75, 3.05) is 64.2 Å². The maximum absolute atomic E-state index is 15.6.